The van der Waals surface area contributed by atoms with E-state index in [-0.39, 0.29) is 29.6 Å². The number of halogens is 2. The Kier molecular flexibility index (Phi) is 4.56. The molecule has 0 aliphatic rings. The lowest BCUT2D eigenvalue weighted by Crippen LogP contribution is -2.26. The van der Waals surface area contributed by atoms with E-state index < -0.39 is 5.82 Å². The minimum Gasteiger partial charge on any atom is -0.505 e. The van der Waals surface area contributed by atoms with Gasteiger partial charge >= 0.3 is 0 Å². The van der Waals surface area contributed by atoms with Crippen molar-refractivity contribution >= 4 is 12.4 Å². The zero-order chi connectivity index (χ0) is 10.9. The zero-order valence-corrected chi connectivity index (χ0v) is 9.94. The van der Waals surface area contributed by atoms with Crippen LogP contribution in [0.25, 0.3) is 0 Å². The Morgan fingerprint density at radius 2 is 1.87 bits per heavy atom. The second-order valence-corrected chi connectivity index (χ2v) is 4.52. The van der Waals surface area contributed by atoms with Gasteiger partial charge in [-0.2, -0.15) is 0 Å². The second-order valence-electron chi connectivity index (χ2n) is 4.52. The number of hydrogen-bond acceptors (Lipinski definition) is 2. The quantitative estimate of drug-likeness (QED) is 0.783. The van der Waals surface area contributed by atoms with Gasteiger partial charge in [0.15, 0.2) is 11.6 Å². The molecule has 0 radical (unpaired) electrons. The maximum atomic E-state index is 13.0. The third-order valence-electron chi connectivity index (χ3n) is 2.29. The predicted octanol–water partition coefficient (Wildman–Crippen LogP) is 3.00. The van der Waals surface area contributed by atoms with Crippen LogP contribution in [-0.4, -0.2) is 5.11 Å². The molecular weight excluding hydrogens is 217 g/mol. The number of benzene rings is 1. The molecule has 0 aliphatic carbocycles. The smallest absolute Gasteiger partial charge is 0.165 e. The van der Waals surface area contributed by atoms with Crippen LogP contribution >= 0.6 is 12.4 Å². The maximum Gasteiger partial charge on any atom is 0.165 e. The first-order chi connectivity index (χ1) is 6.34. The highest BCUT2D eigenvalue weighted by Crippen LogP contribution is 2.35. The molecule has 0 aromatic heterocycles. The van der Waals surface area contributed by atoms with Crippen molar-refractivity contribution in [1.29, 1.82) is 0 Å². The Hall–Kier alpha value is -0.800. The van der Waals surface area contributed by atoms with E-state index in [9.17, 15) is 9.50 Å². The standard InChI is InChI=1S/C11H16FNO.ClH/c1-11(2,3)10(13)7-5-4-6-8(12)9(7)14;/h4-6,10,14H,13H2,1-3H3;1H/t10-;/m0./s1. The molecule has 0 saturated heterocycles. The first kappa shape index (κ1) is 14.2. The average molecular weight is 234 g/mol. The van der Waals surface area contributed by atoms with Crippen LogP contribution in [-0.2, 0) is 0 Å². The number of phenols is 1. The van der Waals surface area contributed by atoms with E-state index in [2.05, 4.69) is 0 Å². The molecule has 0 heterocycles. The Labute approximate surface area is 95.7 Å². The van der Waals surface area contributed by atoms with E-state index in [4.69, 9.17) is 5.73 Å². The van der Waals surface area contributed by atoms with Crippen LogP contribution in [0.1, 0.15) is 32.4 Å². The topological polar surface area (TPSA) is 46.2 Å². The van der Waals surface area contributed by atoms with Gasteiger partial charge in [0.25, 0.3) is 0 Å². The monoisotopic (exact) mass is 233 g/mol. The summed E-state index contributed by atoms with van der Waals surface area (Å²) in [7, 11) is 0. The molecule has 0 saturated carbocycles. The molecule has 3 N–H and O–H groups in total. The van der Waals surface area contributed by atoms with Crippen molar-refractivity contribution in [3.63, 3.8) is 0 Å². The summed E-state index contributed by atoms with van der Waals surface area (Å²) in [5.41, 5.74) is 6.17. The lowest BCUT2D eigenvalue weighted by Gasteiger charge is -2.27. The van der Waals surface area contributed by atoms with Gasteiger partial charge in [0.1, 0.15) is 0 Å². The molecule has 15 heavy (non-hydrogen) atoms. The Morgan fingerprint density at radius 3 is 2.33 bits per heavy atom. The predicted molar refractivity (Wildman–Crippen MR) is 61.7 cm³/mol. The summed E-state index contributed by atoms with van der Waals surface area (Å²) in [6.45, 7) is 5.84. The number of para-hydroxylation sites is 1. The van der Waals surface area contributed by atoms with Gasteiger partial charge in [0.2, 0.25) is 0 Å². The van der Waals surface area contributed by atoms with E-state index in [1.54, 1.807) is 12.1 Å². The van der Waals surface area contributed by atoms with Crippen molar-refractivity contribution < 1.29 is 9.50 Å². The first-order valence-corrected chi connectivity index (χ1v) is 4.57. The molecule has 1 aromatic rings. The largest absolute Gasteiger partial charge is 0.505 e. The average Bonchev–Trinajstić information content (AvgIpc) is 2.07. The molecule has 4 heteroatoms. The molecule has 0 unspecified atom stereocenters. The van der Waals surface area contributed by atoms with Gasteiger partial charge in [0.05, 0.1) is 0 Å². The molecule has 86 valence electrons. The van der Waals surface area contributed by atoms with Crippen LogP contribution in [0.4, 0.5) is 4.39 Å². The maximum absolute atomic E-state index is 13.0. The van der Waals surface area contributed by atoms with Crippen LogP contribution in [0.2, 0.25) is 0 Å². The Balaban J connectivity index is 0.00000196. The van der Waals surface area contributed by atoms with E-state index in [0.29, 0.717) is 5.56 Å². The van der Waals surface area contributed by atoms with Crippen molar-refractivity contribution in [3.05, 3.63) is 29.6 Å². The van der Waals surface area contributed by atoms with Gasteiger partial charge < -0.3 is 10.8 Å². The third kappa shape index (κ3) is 3.08. The fourth-order valence-corrected chi connectivity index (χ4v) is 1.25. The molecule has 1 rings (SSSR count). The molecule has 0 fully saturated rings. The normalized spacial score (nSPS) is 13.1. The first-order valence-electron chi connectivity index (χ1n) is 4.57. The van der Waals surface area contributed by atoms with Crippen molar-refractivity contribution in [2.24, 2.45) is 11.1 Å². The molecule has 0 aliphatic heterocycles. The summed E-state index contributed by atoms with van der Waals surface area (Å²) in [6.07, 6.45) is 0. The van der Waals surface area contributed by atoms with Crippen molar-refractivity contribution in [1.82, 2.24) is 0 Å². The highest BCUT2D eigenvalue weighted by Gasteiger charge is 2.25. The van der Waals surface area contributed by atoms with E-state index in [1.165, 1.54) is 6.07 Å². The Bertz CT molecular complexity index is 336. The lowest BCUT2D eigenvalue weighted by molar-refractivity contribution is 0.314. The van der Waals surface area contributed by atoms with Crippen LogP contribution in [0, 0.1) is 11.2 Å². The highest BCUT2D eigenvalue weighted by molar-refractivity contribution is 5.85. The van der Waals surface area contributed by atoms with Gasteiger partial charge in [-0.1, -0.05) is 32.9 Å². The summed E-state index contributed by atoms with van der Waals surface area (Å²) >= 11 is 0. The zero-order valence-electron chi connectivity index (χ0n) is 9.12. The molecule has 0 bridgehead atoms. The molecule has 2 nitrogen and oxygen atoms in total. The fraction of sp³-hybridized carbons (Fsp3) is 0.455. The van der Waals surface area contributed by atoms with Crippen molar-refractivity contribution in [2.75, 3.05) is 0 Å². The molecule has 1 aromatic carbocycles. The summed E-state index contributed by atoms with van der Waals surface area (Å²) in [5, 5.41) is 9.48. The van der Waals surface area contributed by atoms with Crippen LogP contribution in [0.5, 0.6) is 5.75 Å². The molecular formula is C11H17ClFNO. The number of nitrogens with two attached hydrogens (primary N) is 1. The van der Waals surface area contributed by atoms with Crippen LogP contribution in [0.3, 0.4) is 0 Å². The van der Waals surface area contributed by atoms with Gasteiger partial charge in [-0.3, -0.25) is 0 Å². The van der Waals surface area contributed by atoms with Gasteiger partial charge in [-0.05, 0) is 11.5 Å². The fourth-order valence-electron chi connectivity index (χ4n) is 1.25. The van der Waals surface area contributed by atoms with Crippen LogP contribution < -0.4 is 5.73 Å². The number of phenolic OH excluding ortho intramolecular Hbond substituents is 1. The molecule has 1 atom stereocenters. The Morgan fingerprint density at radius 1 is 1.33 bits per heavy atom. The summed E-state index contributed by atoms with van der Waals surface area (Å²) < 4.78 is 13.0. The molecule has 0 spiro atoms. The second kappa shape index (κ2) is 4.81. The number of hydrogen-bond donors (Lipinski definition) is 2. The van der Waals surface area contributed by atoms with Crippen LogP contribution in [0.15, 0.2) is 18.2 Å². The SMILES string of the molecule is CC(C)(C)[C@@H](N)c1cccc(F)c1O.Cl. The minimum atomic E-state index is -0.623. The summed E-state index contributed by atoms with van der Waals surface area (Å²) in [4.78, 5) is 0. The summed E-state index contributed by atoms with van der Waals surface area (Å²) in [5.74, 6) is -0.961. The van der Waals surface area contributed by atoms with Gasteiger partial charge in [-0.25, -0.2) is 4.39 Å². The number of aromatic hydroxyl groups is 1. The summed E-state index contributed by atoms with van der Waals surface area (Å²) in [6, 6.07) is 4.04. The van der Waals surface area contributed by atoms with Crippen molar-refractivity contribution in [2.45, 2.75) is 26.8 Å². The van der Waals surface area contributed by atoms with Crippen molar-refractivity contribution in [3.8, 4) is 5.75 Å². The van der Waals surface area contributed by atoms with E-state index >= 15 is 0 Å². The lowest BCUT2D eigenvalue weighted by atomic mass is 9.83. The van der Waals surface area contributed by atoms with Gasteiger partial charge in [-0.15, -0.1) is 12.4 Å². The third-order valence-corrected chi connectivity index (χ3v) is 2.29. The van der Waals surface area contributed by atoms with E-state index in [1.807, 2.05) is 20.8 Å². The molecule has 0 amide bonds. The minimum absolute atomic E-state index is 0. The van der Waals surface area contributed by atoms with Gasteiger partial charge in [0, 0.05) is 11.6 Å². The van der Waals surface area contributed by atoms with E-state index in [0.717, 1.165) is 0 Å². The highest BCUT2D eigenvalue weighted by atomic mass is 35.5. The number of rotatable bonds is 1.